The minimum absolute atomic E-state index is 0.158. The number of aryl methyl sites for hydroxylation is 1. The van der Waals surface area contributed by atoms with Crippen LogP contribution in [-0.2, 0) is 11.2 Å². The summed E-state index contributed by atoms with van der Waals surface area (Å²) in [6, 6.07) is 0.158. The molecule has 0 aromatic carbocycles. The highest BCUT2D eigenvalue weighted by Crippen LogP contribution is 2.24. The van der Waals surface area contributed by atoms with E-state index in [1.54, 1.807) is 7.11 Å². The van der Waals surface area contributed by atoms with Crippen LogP contribution in [0.5, 0.6) is 5.75 Å². The van der Waals surface area contributed by atoms with Gasteiger partial charge in [-0.25, -0.2) is 0 Å². The largest absolute Gasteiger partial charge is 0.496 e. The van der Waals surface area contributed by atoms with Gasteiger partial charge in [-0.3, -0.25) is 16.3 Å². The van der Waals surface area contributed by atoms with Crippen molar-refractivity contribution >= 4 is 0 Å². The Bertz CT molecular complexity index is 397. The number of pyridine rings is 1. The molecule has 1 aromatic heterocycles. The topological polar surface area (TPSA) is 69.4 Å². The van der Waals surface area contributed by atoms with Crippen LogP contribution in [0.25, 0.3) is 0 Å². The van der Waals surface area contributed by atoms with Gasteiger partial charge in [0, 0.05) is 48.7 Å². The Morgan fingerprint density at radius 3 is 2.74 bits per heavy atom. The first-order valence-corrected chi connectivity index (χ1v) is 6.66. The minimum atomic E-state index is 0.158. The monoisotopic (exact) mass is 267 g/mol. The lowest BCUT2D eigenvalue weighted by molar-refractivity contribution is 0.136. The molecule has 5 heteroatoms. The van der Waals surface area contributed by atoms with E-state index in [9.17, 15) is 0 Å². The molecule has 0 aliphatic carbocycles. The lowest BCUT2D eigenvalue weighted by Gasteiger charge is -2.18. The molecule has 1 aromatic rings. The van der Waals surface area contributed by atoms with Crippen molar-refractivity contribution in [3.05, 3.63) is 23.0 Å². The van der Waals surface area contributed by atoms with Crippen molar-refractivity contribution < 1.29 is 9.47 Å². The summed E-state index contributed by atoms with van der Waals surface area (Å²) >= 11 is 0. The normalized spacial score (nSPS) is 12.5. The Morgan fingerprint density at radius 2 is 2.16 bits per heavy atom. The van der Waals surface area contributed by atoms with Crippen LogP contribution in [0.1, 0.15) is 30.2 Å². The van der Waals surface area contributed by atoms with Gasteiger partial charge >= 0.3 is 0 Å². The maximum atomic E-state index is 5.59. The van der Waals surface area contributed by atoms with E-state index in [0.717, 1.165) is 42.0 Å². The molecule has 108 valence electrons. The highest BCUT2D eigenvalue weighted by molar-refractivity contribution is 5.41. The third-order valence-electron chi connectivity index (χ3n) is 3.24. The van der Waals surface area contributed by atoms with Gasteiger partial charge in [-0.15, -0.1) is 0 Å². The van der Waals surface area contributed by atoms with Gasteiger partial charge in [0.1, 0.15) is 5.75 Å². The van der Waals surface area contributed by atoms with Gasteiger partial charge in [0.05, 0.1) is 7.11 Å². The van der Waals surface area contributed by atoms with Crippen LogP contribution < -0.4 is 16.0 Å². The molecular formula is C14H25N3O2. The number of methoxy groups -OCH3 is 1. The highest BCUT2D eigenvalue weighted by Gasteiger charge is 2.14. The van der Waals surface area contributed by atoms with Crippen LogP contribution in [-0.4, -0.2) is 31.3 Å². The summed E-state index contributed by atoms with van der Waals surface area (Å²) in [6.45, 7) is 7.45. The number of hydrogen-bond acceptors (Lipinski definition) is 5. The van der Waals surface area contributed by atoms with Gasteiger partial charge in [-0.05, 0) is 27.2 Å². The molecular weight excluding hydrogens is 242 g/mol. The van der Waals surface area contributed by atoms with Crippen LogP contribution in [0, 0.1) is 13.8 Å². The van der Waals surface area contributed by atoms with Gasteiger partial charge < -0.3 is 9.47 Å². The molecule has 0 amide bonds. The van der Waals surface area contributed by atoms with Gasteiger partial charge in [0.25, 0.3) is 0 Å². The molecule has 19 heavy (non-hydrogen) atoms. The third kappa shape index (κ3) is 4.45. The number of ether oxygens (including phenoxy) is 2. The molecule has 0 aliphatic heterocycles. The quantitative estimate of drug-likeness (QED) is 0.424. The maximum absolute atomic E-state index is 5.59. The average molecular weight is 267 g/mol. The fourth-order valence-corrected chi connectivity index (χ4v) is 2.12. The standard InChI is InChI=1S/C14H25N3O2/c1-5-19-7-6-12(17-15)8-13-11(3)14(18-4)10(2)9-16-13/h9,12,17H,5-8,15H2,1-4H3. The van der Waals surface area contributed by atoms with Crippen LogP contribution >= 0.6 is 0 Å². The number of hydrazine groups is 1. The average Bonchev–Trinajstić information content (AvgIpc) is 2.41. The zero-order valence-electron chi connectivity index (χ0n) is 12.3. The number of hydrogen-bond donors (Lipinski definition) is 2. The van der Waals surface area contributed by atoms with E-state index < -0.39 is 0 Å². The van der Waals surface area contributed by atoms with Crippen LogP contribution in [0.2, 0.25) is 0 Å². The maximum Gasteiger partial charge on any atom is 0.128 e. The Labute approximate surface area is 115 Å². The summed E-state index contributed by atoms with van der Waals surface area (Å²) < 4.78 is 10.8. The second-order valence-corrected chi connectivity index (χ2v) is 4.60. The lowest BCUT2D eigenvalue weighted by atomic mass is 10.0. The van der Waals surface area contributed by atoms with Crippen LogP contribution in [0.15, 0.2) is 6.20 Å². The zero-order chi connectivity index (χ0) is 14.3. The molecule has 0 saturated carbocycles. The van der Waals surface area contributed by atoms with Crippen molar-refractivity contribution in [1.29, 1.82) is 0 Å². The predicted molar refractivity (Wildman–Crippen MR) is 76.2 cm³/mol. The molecule has 0 bridgehead atoms. The molecule has 0 spiro atoms. The zero-order valence-corrected chi connectivity index (χ0v) is 12.3. The van der Waals surface area contributed by atoms with Crippen LogP contribution in [0.4, 0.5) is 0 Å². The Kier molecular flexibility index (Phi) is 6.77. The molecule has 0 aliphatic rings. The number of nitrogens with one attached hydrogen (secondary N) is 1. The minimum Gasteiger partial charge on any atom is -0.496 e. The molecule has 0 fully saturated rings. The number of aromatic nitrogens is 1. The molecule has 5 nitrogen and oxygen atoms in total. The van der Waals surface area contributed by atoms with E-state index in [0.29, 0.717) is 6.61 Å². The molecule has 1 atom stereocenters. The number of nitrogens with two attached hydrogens (primary N) is 1. The fourth-order valence-electron chi connectivity index (χ4n) is 2.12. The second kappa shape index (κ2) is 8.09. The summed E-state index contributed by atoms with van der Waals surface area (Å²) in [5.41, 5.74) is 5.98. The Balaban J connectivity index is 2.74. The van der Waals surface area contributed by atoms with Crippen molar-refractivity contribution in [1.82, 2.24) is 10.4 Å². The summed E-state index contributed by atoms with van der Waals surface area (Å²) in [4.78, 5) is 4.49. The van der Waals surface area contributed by atoms with Crippen molar-refractivity contribution in [2.75, 3.05) is 20.3 Å². The number of rotatable bonds is 8. The third-order valence-corrected chi connectivity index (χ3v) is 3.24. The van der Waals surface area contributed by atoms with Crippen molar-refractivity contribution in [3.63, 3.8) is 0 Å². The van der Waals surface area contributed by atoms with Crippen molar-refractivity contribution in [3.8, 4) is 5.75 Å². The first kappa shape index (κ1) is 15.9. The van der Waals surface area contributed by atoms with E-state index in [4.69, 9.17) is 15.3 Å². The Hall–Kier alpha value is -1.17. The van der Waals surface area contributed by atoms with E-state index in [-0.39, 0.29) is 6.04 Å². The molecule has 0 saturated heterocycles. The SMILES string of the molecule is CCOCCC(Cc1ncc(C)c(OC)c1C)NN. The summed E-state index contributed by atoms with van der Waals surface area (Å²) in [5, 5.41) is 0. The first-order valence-electron chi connectivity index (χ1n) is 6.66. The molecule has 3 N–H and O–H groups in total. The predicted octanol–water partition coefficient (Wildman–Crippen LogP) is 1.51. The van der Waals surface area contributed by atoms with Gasteiger partial charge in [-0.2, -0.15) is 0 Å². The van der Waals surface area contributed by atoms with E-state index >= 15 is 0 Å². The van der Waals surface area contributed by atoms with E-state index in [1.807, 2.05) is 27.0 Å². The molecule has 1 rings (SSSR count). The number of nitrogens with zero attached hydrogens (tertiary/aromatic N) is 1. The smallest absolute Gasteiger partial charge is 0.128 e. The van der Waals surface area contributed by atoms with Gasteiger partial charge in [-0.1, -0.05) is 0 Å². The molecule has 0 radical (unpaired) electrons. The molecule has 1 unspecified atom stereocenters. The van der Waals surface area contributed by atoms with Gasteiger partial charge in [0.15, 0.2) is 0 Å². The van der Waals surface area contributed by atoms with Crippen molar-refractivity contribution in [2.24, 2.45) is 5.84 Å². The van der Waals surface area contributed by atoms with Crippen molar-refractivity contribution in [2.45, 2.75) is 39.7 Å². The first-order chi connectivity index (χ1) is 9.13. The van der Waals surface area contributed by atoms with E-state index in [1.165, 1.54) is 0 Å². The summed E-state index contributed by atoms with van der Waals surface area (Å²) in [5.74, 6) is 6.50. The highest BCUT2D eigenvalue weighted by atomic mass is 16.5. The Morgan fingerprint density at radius 1 is 1.42 bits per heavy atom. The van der Waals surface area contributed by atoms with Crippen LogP contribution in [0.3, 0.4) is 0 Å². The summed E-state index contributed by atoms with van der Waals surface area (Å²) in [6.07, 6.45) is 3.48. The van der Waals surface area contributed by atoms with E-state index in [2.05, 4.69) is 10.4 Å². The van der Waals surface area contributed by atoms with Gasteiger partial charge in [0.2, 0.25) is 0 Å². The molecule has 1 heterocycles. The lowest BCUT2D eigenvalue weighted by Crippen LogP contribution is -2.38. The summed E-state index contributed by atoms with van der Waals surface area (Å²) in [7, 11) is 1.69. The second-order valence-electron chi connectivity index (χ2n) is 4.60. The fraction of sp³-hybridized carbons (Fsp3) is 0.643.